The third-order valence-electron chi connectivity index (χ3n) is 3.10. The maximum absolute atomic E-state index is 11.5. The molecular formula is C13H16O3. The summed E-state index contributed by atoms with van der Waals surface area (Å²) in [7, 11) is 1.63. The summed E-state index contributed by atoms with van der Waals surface area (Å²) in [6.45, 7) is 3.83. The summed E-state index contributed by atoms with van der Waals surface area (Å²) >= 11 is 0. The minimum absolute atomic E-state index is 0.0464. The SMILES string of the molecule is COc1ccccc1[C@]1(C)C[C@@H](C)C(=O)O1. The van der Waals surface area contributed by atoms with Crippen molar-refractivity contribution >= 4 is 5.97 Å². The standard InChI is InChI=1S/C13H16O3/c1-9-8-13(2,16-12(9)14)10-6-4-5-7-11(10)15-3/h4-7,9H,8H2,1-3H3/t9-,13+/m1/s1. The van der Waals surface area contributed by atoms with Gasteiger partial charge in [0.2, 0.25) is 0 Å². The van der Waals surface area contributed by atoms with E-state index >= 15 is 0 Å². The van der Waals surface area contributed by atoms with E-state index in [0.717, 1.165) is 11.3 Å². The monoisotopic (exact) mass is 220 g/mol. The van der Waals surface area contributed by atoms with Crippen molar-refractivity contribution in [2.24, 2.45) is 5.92 Å². The van der Waals surface area contributed by atoms with Gasteiger partial charge in [0.05, 0.1) is 13.0 Å². The summed E-state index contributed by atoms with van der Waals surface area (Å²) in [5.41, 5.74) is 0.388. The van der Waals surface area contributed by atoms with Gasteiger partial charge >= 0.3 is 5.97 Å². The van der Waals surface area contributed by atoms with Gasteiger partial charge in [0.15, 0.2) is 0 Å². The van der Waals surface area contributed by atoms with E-state index in [1.807, 2.05) is 38.1 Å². The molecule has 16 heavy (non-hydrogen) atoms. The number of ether oxygens (including phenoxy) is 2. The number of carbonyl (C=O) groups excluding carboxylic acids is 1. The highest BCUT2D eigenvalue weighted by atomic mass is 16.6. The fourth-order valence-electron chi connectivity index (χ4n) is 2.28. The van der Waals surface area contributed by atoms with Crippen LogP contribution in [0.25, 0.3) is 0 Å². The van der Waals surface area contributed by atoms with Crippen molar-refractivity contribution in [1.82, 2.24) is 0 Å². The number of para-hydroxylation sites is 1. The third-order valence-corrected chi connectivity index (χ3v) is 3.10. The van der Waals surface area contributed by atoms with E-state index in [4.69, 9.17) is 9.47 Å². The molecule has 1 aliphatic rings. The van der Waals surface area contributed by atoms with Crippen LogP contribution in [0, 0.1) is 5.92 Å². The molecule has 0 spiro atoms. The van der Waals surface area contributed by atoms with E-state index < -0.39 is 5.60 Å². The third kappa shape index (κ3) is 1.66. The van der Waals surface area contributed by atoms with Crippen LogP contribution in [-0.4, -0.2) is 13.1 Å². The number of benzene rings is 1. The van der Waals surface area contributed by atoms with E-state index in [1.54, 1.807) is 7.11 Å². The van der Waals surface area contributed by atoms with Crippen molar-refractivity contribution < 1.29 is 14.3 Å². The maximum Gasteiger partial charge on any atom is 0.309 e. The molecule has 3 heteroatoms. The van der Waals surface area contributed by atoms with E-state index in [-0.39, 0.29) is 11.9 Å². The first-order valence-corrected chi connectivity index (χ1v) is 5.43. The first-order chi connectivity index (χ1) is 7.57. The maximum atomic E-state index is 11.5. The Morgan fingerprint density at radius 2 is 2.12 bits per heavy atom. The molecule has 0 amide bonds. The molecule has 86 valence electrons. The average Bonchev–Trinajstić information content (AvgIpc) is 2.54. The van der Waals surface area contributed by atoms with Crippen LogP contribution in [0.5, 0.6) is 5.75 Å². The van der Waals surface area contributed by atoms with E-state index in [9.17, 15) is 4.79 Å². The Labute approximate surface area is 95.4 Å². The number of carbonyl (C=O) groups is 1. The Morgan fingerprint density at radius 3 is 2.69 bits per heavy atom. The summed E-state index contributed by atoms with van der Waals surface area (Å²) in [5, 5.41) is 0. The van der Waals surface area contributed by atoms with Crippen LogP contribution in [0.15, 0.2) is 24.3 Å². The van der Waals surface area contributed by atoms with Gasteiger partial charge in [0, 0.05) is 12.0 Å². The highest BCUT2D eigenvalue weighted by Crippen LogP contribution is 2.42. The van der Waals surface area contributed by atoms with Crippen LogP contribution in [0.3, 0.4) is 0 Å². The van der Waals surface area contributed by atoms with Gasteiger partial charge < -0.3 is 9.47 Å². The largest absolute Gasteiger partial charge is 0.496 e. The molecule has 0 radical (unpaired) electrons. The molecule has 1 aromatic carbocycles. The summed E-state index contributed by atoms with van der Waals surface area (Å²) in [5.74, 6) is 0.593. The Kier molecular flexibility index (Phi) is 2.62. The van der Waals surface area contributed by atoms with Gasteiger partial charge in [0.25, 0.3) is 0 Å². The van der Waals surface area contributed by atoms with Crippen molar-refractivity contribution in [3.05, 3.63) is 29.8 Å². The second kappa shape index (κ2) is 3.81. The lowest BCUT2D eigenvalue weighted by atomic mass is 9.89. The Bertz CT molecular complexity index is 413. The number of rotatable bonds is 2. The van der Waals surface area contributed by atoms with Crippen LogP contribution in [-0.2, 0) is 15.1 Å². The Hall–Kier alpha value is -1.51. The first-order valence-electron chi connectivity index (χ1n) is 5.43. The van der Waals surface area contributed by atoms with E-state index in [1.165, 1.54) is 0 Å². The van der Waals surface area contributed by atoms with E-state index in [0.29, 0.717) is 6.42 Å². The van der Waals surface area contributed by atoms with Gasteiger partial charge in [-0.2, -0.15) is 0 Å². The highest BCUT2D eigenvalue weighted by Gasteiger charge is 2.43. The Balaban J connectivity index is 2.40. The number of hydrogen-bond donors (Lipinski definition) is 0. The number of esters is 1. The molecule has 2 atom stereocenters. The quantitative estimate of drug-likeness (QED) is 0.718. The fourth-order valence-corrected chi connectivity index (χ4v) is 2.28. The number of hydrogen-bond acceptors (Lipinski definition) is 3. The molecular weight excluding hydrogens is 204 g/mol. The average molecular weight is 220 g/mol. The van der Waals surface area contributed by atoms with Gasteiger partial charge in [-0.25, -0.2) is 0 Å². The molecule has 3 nitrogen and oxygen atoms in total. The predicted octanol–water partition coefficient (Wildman–Crippen LogP) is 2.49. The van der Waals surface area contributed by atoms with Crippen molar-refractivity contribution in [1.29, 1.82) is 0 Å². The molecule has 1 heterocycles. The molecule has 1 fully saturated rings. The van der Waals surface area contributed by atoms with Crippen molar-refractivity contribution in [3.63, 3.8) is 0 Å². The second-order valence-electron chi connectivity index (χ2n) is 4.46. The van der Waals surface area contributed by atoms with Crippen LogP contribution < -0.4 is 4.74 Å². The zero-order valence-corrected chi connectivity index (χ0v) is 9.82. The lowest BCUT2D eigenvalue weighted by Gasteiger charge is -2.25. The fraction of sp³-hybridized carbons (Fsp3) is 0.462. The summed E-state index contributed by atoms with van der Waals surface area (Å²) < 4.78 is 10.8. The summed E-state index contributed by atoms with van der Waals surface area (Å²) in [6.07, 6.45) is 0.701. The minimum atomic E-state index is -0.552. The molecule has 2 rings (SSSR count). The topological polar surface area (TPSA) is 35.5 Å². The number of cyclic esters (lactones) is 1. The lowest BCUT2D eigenvalue weighted by Crippen LogP contribution is -2.21. The zero-order chi connectivity index (χ0) is 11.8. The summed E-state index contributed by atoms with van der Waals surface area (Å²) in [6, 6.07) is 7.67. The molecule has 0 bridgehead atoms. The molecule has 0 saturated carbocycles. The zero-order valence-electron chi connectivity index (χ0n) is 9.82. The van der Waals surface area contributed by atoms with Crippen molar-refractivity contribution in [2.75, 3.05) is 7.11 Å². The summed E-state index contributed by atoms with van der Waals surface area (Å²) in [4.78, 5) is 11.5. The van der Waals surface area contributed by atoms with Crippen LogP contribution >= 0.6 is 0 Å². The normalized spacial score (nSPS) is 28.9. The molecule has 1 saturated heterocycles. The van der Waals surface area contributed by atoms with Gasteiger partial charge in [-0.15, -0.1) is 0 Å². The lowest BCUT2D eigenvalue weighted by molar-refractivity contribution is -0.149. The molecule has 0 N–H and O–H groups in total. The van der Waals surface area contributed by atoms with Crippen molar-refractivity contribution in [3.8, 4) is 5.75 Å². The van der Waals surface area contributed by atoms with Gasteiger partial charge in [-0.05, 0) is 13.0 Å². The molecule has 0 aliphatic carbocycles. The smallest absolute Gasteiger partial charge is 0.309 e. The first kappa shape index (κ1) is 11.0. The molecule has 0 unspecified atom stereocenters. The highest BCUT2D eigenvalue weighted by molar-refractivity contribution is 5.75. The van der Waals surface area contributed by atoms with Crippen LogP contribution in [0.4, 0.5) is 0 Å². The van der Waals surface area contributed by atoms with Crippen LogP contribution in [0.1, 0.15) is 25.8 Å². The molecule has 0 aromatic heterocycles. The van der Waals surface area contributed by atoms with Gasteiger partial charge in [-0.1, -0.05) is 25.1 Å². The van der Waals surface area contributed by atoms with Crippen molar-refractivity contribution in [2.45, 2.75) is 25.9 Å². The minimum Gasteiger partial charge on any atom is -0.496 e. The molecule has 1 aliphatic heterocycles. The predicted molar refractivity (Wildman–Crippen MR) is 60.2 cm³/mol. The Morgan fingerprint density at radius 1 is 1.44 bits per heavy atom. The number of methoxy groups -OCH3 is 1. The van der Waals surface area contributed by atoms with Gasteiger partial charge in [0.1, 0.15) is 11.4 Å². The van der Waals surface area contributed by atoms with Crippen LogP contribution in [0.2, 0.25) is 0 Å². The second-order valence-corrected chi connectivity index (χ2v) is 4.46. The van der Waals surface area contributed by atoms with Gasteiger partial charge in [-0.3, -0.25) is 4.79 Å². The van der Waals surface area contributed by atoms with E-state index in [2.05, 4.69) is 0 Å². The molecule has 1 aromatic rings.